The van der Waals surface area contributed by atoms with E-state index in [1.807, 2.05) is 32.1 Å². The summed E-state index contributed by atoms with van der Waals surface area (Å²) >= 11 is 0. The van der Waals surface area contributed by atoms with Gasteiger partial charge in [-0.1, -0.05) is 23.8 Å². The van der Waals surface area contributed by atoms with Crippen LogP contribution in [0.15, 0.2) is 45.7 Å². The van der Waals surface area contributed by atoms with Crippen LogP contribution in [0.5, 0.6) is 0 Å². The zero-order valence-corrected chi connectivity index (χ0v) is 20.9. The maximum atomic E-state index is 14.1. The number of nitrogens with one attached hydrogen (secondary N) is 1. The van der Waals surface area contributed by atoms with Gasteiger partial charge >= 0.3 is 5.69 Å². The number of imidazole rings is 1. The van der Waals surface area contributed by atoms with Crippen LogP contribution >= 0.6 is 0 Å². The van der Waals surface area contributed by atoms with Gasteiger partial charge in [0.2, 0.25) is 0 Å². The molecule has 192 valence electrons. The number of hydrogen-bond donors (Lipinski definition) is 1. The third-order valence-corrected chi connectivity index (χ3v) is 6.13. The summed E-state index contributed by atoms with van der Waals surface area (Å²) in [5, 5.41) is 0. The molecule has 1 unspecified atom stereocenters. The molecular weight excluding hydrogens is 465 g/mol. The van der Waals surface area contributed by atoms with Gasteiger partial charge in [-0.05, 0) is 52.5 Å². The number of aromatic amines is 1. The number of H-pyrrole nitrogens is 1. The number of aryl methyl sites for hydroxylation is 1. The van der Waals surface area contributed by atoms with Crippen molar-refractivity contribution in [2.75, 3.05) is 13.2 Å². The van der Waals surface area contributed by atoms with Gasteiger partial charge in [0.05, 0.1) is 12.8 Å². The molecular formula is C26H32FN5O4. The molecule has 0 amide bonds. The first-order valence-electron chi connectivity index (χ1n) is 12.3. The van der Waals surface area contributed by atoms with Gasteiger partial charge in [0.15, 0.2) is 17.5 Å². The molecule has 4 rings (SSSR count). The molecule has 0 spiro atoms. The van der Waals surface area contributed by atoms with E-state index >= 15 is 0 Å². The number of nitrogens with zero attached hydrogens (tertiary/aromatic N) is 4. The zero-order valence-electron chi connectivity index (χ0n) is 20.9. The Hall–Kier alpha value is -3.37. The highest BCUT2D eigenvalue weighted by Crippen LogP contribution is 2.26. The van der Waals surface area contributed by atoms with Crippen LogP contribution in [0, 0.1) is 12.7 Å². The van der Waals surface area contributed by atoms with E-state index in [0.29, 0.717) is 43.3 Å². The van der Waals surface area contributed by atoms with Gasteiger partial charge in [0.1, 0.15) is 11.6 Å². The summed E-state index contributed by atoms with van der Waals surface area (Å²) < 4.78 is 28.3. The molecule has 0 radical (unpaired) electrons. The molecule has 36 heavy (non-hydrogen) atoms. The monoisotopic (exact) mass is 497 g/mol. The molecule has 1 atom stereocenters. The maximum absolute atomic E-state index is 14.1. The van der Waals surface area contributed by atoms with Crippen molar-refractivity contribution < 1.29 is 13.9 Å². The van der Waals surface area contributed by atoms with Gasteiger partial charge < -0.3 is 14.0 Å². The Morgan fingerprint density at radius 2 is 2.17 bits per heavy atom. The lowest BCUT2D eigenvalue weighted by Crippen LogP contribution is -2.36. The molecule has 1 aliphatic heterocycles. The lowest BCUT2D eigenvalue weighted by Gasteiger charge is -2.22. The summed E-state index contributed by atoms with van der Waals surface area (Å²) in [4.78, 5) is 37.7. The predicted octanol–water partition coefficient (Wildman–Crippen LogP) is 3.85. The van der Waals surface area contributed by atoms with Gasteiger partial charge in [0, 0.05) is 31.0 Å². The summed E-state index contributed by atoms with van der Waals surface area (Å²) in [6.45, 7) is 7.17. The number of pyridine rings is 1. The molecule has 0 aromatic carbocycles. The van der Waals surface area contributed by atoms with Crippen LogP contribution in [0.3, 0.4) is 0 Å². The topological polar surface area (TPSA) is 104 Å². The van der Waals surface area contributed by atoms with Gasteiger partial charge in [-0.3, -0.25) is 19.3 Å². The highest BCUT2D eigenvalue weighted by Gasteiger charge is 2.21. The Labute approximate surface area is 208 Å². The largest absolute Gasteiger partial charge is 0.353 e. The van der Waals surface area contributed by atoms with E-state index in [-0.39, 0.29) is 24.0 Å². The third-order valence-electron chi connectivity index (χ3n) is 6.13. The van der Waals surface area contributed by atoms with Crippen LogP contribution in [0.4, 0.5) is 4.39 Å². The second-order valence-electron chi connectivity index (χ2n) is 8.95. The predicted molar refractivity (Wildman–Crippen MR) is 135 cm³/mol. The molecule has 4 heterocycles. The normalized spacial score (nSPS) is 16.9. The Morgan fingerprint density at radius 1 is 1.33 bits per heavy atom. The number of halogens is 1. The van der Waals surface area contributed by atoms with Gasteiger partial charge in [-0.25, -0.2) is 14.2 Å². The molecule has 1 aliphatic rings. The van der Waals surface area contributed by atoms with Crippen LogP contribution in [0.25, 0.3) is 22.6 Å². The summed E-state index contributed by atoms with van der Waals surface area (Å²) in [6.07, 6.45) is 10.1. The Bertz CT molecular complexity index is 1400. The first kappa shape index (κ1) is 25.7. The Morgan fingerprint density at radius 3 is 2.92 bits per heavy atom. The molecule has 0 aliphatic carbocycles. The molecule has 1 fully saturated rings. The summed E-state index contributed by atoms with van der Waals surface area (Å²) in [6, 6.07) is 1.34. The molecule has 9 nitrogen and oxygen atoms in total. The van der Waals surface area contributed by atoms with Gasteiger partial charge in [-0.15, -0.1) is 0 Å². The molecule has 3 aromatic heterocycles. The van der Waals surface area contributed by atoms with Crippen molar-refractivity contribution in [1.82, 2.24) is 24.1 Å². The number of fused-ring (bicyclic) bond motifs is 1. The fourth-order valence-electron chi connectivity index (χ4n) is 4.28. The van der Waals surface area contributed by atoms with E-state index < -0.39 is 17.1 Å². The minimum atomic E-state index is -0.548. The minimum Gasteiger partial charge on any atom is -0.353 e. The molecule has 10 heteroatoms. The average molecular weight is 498 g/mol. The SMILES string of the molecule is C/C=C\C=C(/C)Cn1c(-c2cc(F)cnc2C)nc2[nH]c(=O)n(CCCOC3CCCCO3)c(=O)c21. The van der Waals surface area contributed by atoms with E-state index in [4.69, 9.17) is 9.47 Å². The van der Waals surface area contributed by atoms with Crippen molar-refractivity contribution in [3.05, 3.63) is 68.4 Å². The maximum Gasteiger partial charge on any atom is 0.330 e. The first-order chi connectivity index (χ1) is 17.4. The van der Waals surface area contributed by atoms with Crippen LogP contribution in [0.1, 0.15) is 45.2 Å². The Balaban J connectivity index is 1.72. The van der Waals surface area contributed by atoms with E-state index in [9.17, 15) is 14.0 Å². The molecule has 3 aromatic rings. The molecule has 0 bridgehead atoms. The smallest absolute Gasteiger partial charge is 0.330 e. The number of ether oxygens (including phenoxy) is 2. The number of hydrogen-bond acceptors (Lipinski definition) is 6. The van der Waals surface area contributed by atoms with Gasteiger partial charge in [0.25, 0.3) is 5.56 Å². The number of allylic oxidation sites excluding steroid dienone is 4. The lowest BCUT2D eigenvalue weighted by atomic mass is 10.2. The van der Waals surface area contributed by atoms with Crippen LogP contribution < -0.4 is 11.2 Å². The van der Waals surface area contributed by atoms with E-state index in [2.05, 4.69) is 15.0 Å². The van der Waals surface area contributed by atoms with Crippen molar-refractivity contribution in [3.63, 3.8) is 0 Å². The second kappa shape index (κ2) is 11.6. The third kappa shape index (κ3) is 5.71. The fraction of sp³-hybridized carbons (Fsp3) is 0.462. The standard InChI is InChI=1S/C26H32FN5O4/c1-4-5-9-17(2)16-32-22-23(29-24(32)20-14-19(27)15-28-18(20)3)30-26(34)31(25(22)33)11-8-13-36-21-10-6-7-12-35-21/h4-5,9,14-15,21H,6-8,10-13,16H2,1-3H3,(H,30,34)/b5-4-,17-9+. The fourth-order valence-corrected chi connectivity index (χ4v) is 4.28. The number of aromatic nitrogens is 5. The van der Waals surface area contributed by atoms with Crippen molar-refractivity contribution in [1.29, 1.82) is 0 Å². The van der Waals surface area contributed by atoms with E-state index in [1.165, 1.54) is 6.07 Å². The van der Waals surface area contributed by atoms with Crippen molar-refractivity contribution in [3.8, 4) is 11.4 Å². The summed E-state index contributed by atoms with van der Waals surface area (Å²) in [5.74, 6) is -0.144. The quantitative estimate of drug-likeness (QED) is 0.356. The number of rotatable bonds is 9. The minimum absolute atomic E-state index is 0.158. The van der Waals surface area contributed by atoms with E-state index in [0.717, 1.165) is 35.6 Å². The lowest BCUT2D eigenvalue weighted by molar-refractivity contribution is -0.163. The van der Waals surface area contributed by atoms with Crippen molar-refractivity contribution in [2.45, 2.75) is 65.8 Å². The highest BCUT2D eigenvalue weighted by atomic mass is 19.1. The molecule has 1 N–H and O–H groups in total. The summed E-state index contributed by atoms with van der Waals surface area (Å²) in [7, 11) is 0. The highest BCUT2D eigenvalue weighted by molar-refractivity contribution is 5.77. The Kier molecular flexibility index (Phi) is 8.27. The van der Waals surface area contributed by atoms with E-state index in [1.54, 1.807) is 11.5 Å². The molecule has 1 saturated heterocycles. The van der Waals surface area contributed by atoms with Crippen LogP contribution in [-0.4, -0.2) is 43.6 Å². The van der Waals surface area contributed by atoms with Crippen molar-refractivity contribution in [2.24, 2.45) is 0 Å². The first-order valence-corrected chi connectivity index (χ1v) is 12.3. The van der Waals surface area contributed by atoms with Crippen molar-refractivity contribution >= 4 is 11.2 Å². The second-order valence-corrected chi connectivity index (χ2v) is 8.95. The van der Waals surface area contributed by atoms with Crippen LogP contribution in [-0.2, 0) is 22.6 Å². The molecule has 0 saturated carbocycles. The van der Waals surface area contributed by atoms with Gasteiger partial charge in [-0.2, -0.15) is 0 Å². The summed E-state index contributed by atoms with van der Waals surface area (Å²) in [5.41, 5.74) is 1.37. The van der Waals surface area contributed by atoms with Crippen LogP contribution in [0.2, 0.25) is 0 Å². The zero-order chi connectivity index (χ0) is 25.7. The average Bonchev–Trinajstić information content (AvgIpc) is 3.21.